The lowest BCUT2D eigenvalue weighted by molar-refractivity contribution is -0.142. The molecule has 1 unspecified atom stereocenters. The zero-order chi connectivity index (χ0) is 14.0. The van der Waals surface area contributed by atoms with Crippen molar-refractivity contribution in [3.63, 3.8) is 0 Å². The van der Waals surface area contributed by atoms with Crippen LogP contribution < -0.4 is 0 Å². The first-order valence-electron chi connectivity index (χ1n) is 6.40. The van der Waals surface area contributed by atoms with Gasteiger partial charge in [-0.1, -0.05) is 19.4 Å². The van der Waals surface area contributed by atoms with Gasteiger partial charge in [0.1, 0.15) is 0 Å². The van der Waals surface area contributed by atoms with E-state index in [1.54, 1.807) is 14.2 Å². The molecule has 4 nitrogen and oxygen atoms in total. The lowest BCUT2D eigenvalue weighted by Gasteiger charge is -2.22. The average Bonchev–Trinajstić information content (AvgIpc) is 2.37. The third kappa shape index (κ3) is 7.63. The van der Waals surface area contributed by atoms with Crippen LogP contribution in [0, 0.1) is 0 Å². The molecular weight excluding hydrogens is 248 g/mol. The molecule has 0 aliphatic carbocycles. The molecule has 0 heterocycles. The third-order valence-corrected chi connectivity index (χ3v) is 6.08. The molecule has 0 amide bonds. The van der Waals surface area contributed by atoms with Crippen LogP contribution in [-0.2, 0) is 18.4 Å². The quantitative estimate of drug-likeness (QED) is 0.266. The zero-order valence-electron chi connectivity index (χ0n) is 12.0. The summed E-state index contributed by atoms with van der Waals surface area (Å²) in [6.07, 6.45) is 5.29. The van der Waals surface area contributed by atoms with Gasteiger partial charge in [0.25, 0.3) is 0 Å². The van der Waals surface area contributed by atoms with Crippen molar-refractivity contribution >= 4 is 14.5 Å². The van der Waals surface area contributed by atoms with Crippen LogP contribution in [0.15, 0.2) is 12.7 Å². The van der Waals surface area contributed by atoms with Crippen molar-refractivity contribution in [2.75, 3.05) is 14.2 Å². The standard InChI is InChI=1S/C13H26O4Si/c1-6-13(14)17-12(2)10-8-7-9-11-18(5,15-3)16-4/h6,12H,1,7-11H2,2-5H3. The number of esters is 1. The van der Waals surface area contributed by atoms with E-state index in [4.69, 9.17) is 13.6 Å². The molecule has 0 saturated heterocycles. The first-order chi connectivity index (χ1) is 8.47. The summed E-state index contributed by atoms with van der Waals surface area (Å²) in [5.74, 6) is -0.346. The van der Waals surface area contributed by atoms with Crippen molar-refractivity contribution < 1.29 is 18.4 Å². The highest BCUT2D eigenvalue weighted by molar-refractivity contribution is 6.65. The predicted octanol–water partition coefficient (Wildman–Crippen LogP) is 3.03. The second-order valence-corrected chi connectivity index (χ2v) is 8.18. The van der Waals surface area contributed by atoms with Crippen LogP contribution in [0.3, 0.4) is 0 Å². The molecule has 0 aliphatic rings. The fourth-order valence-corrected chi connectivity index (χ4v) is 3.11. The maximum Gasteiger partial charge on any atom is 0.334 e. The molecule has 5 heteroatoms. The smallest absolute Gasteiger partial charge is 0.334 e. The topological polar surface area (TPSA) is 44.8 Å². The third-order valence-electron chi connectivity index (χ3n) is 3.09. The highest BCUT2D eigenvalue weighted by atomic mass is 28.4. The van der Waals surface area contributed by atoms with Crippen molar-refractivity contribution in [1.82, 2.24) is 0 Å². The van der Waals surface area contributed by atoms with Gasteiger partial charge in [-0.15, -0.1) is 0 Å². The van der Waals surface area contributed by atoms with Gasteiger partial charge in [-0.05, 0) is 32.4 Å². The fourth-order valence-electron chi connectivity index (χ4n) is 1.65. The van der Waals surface area contributed by atoms with Crippen LogP contribution in [0.2, 0.25) is 12.6 Å². The maximum absolute atomic E-state index is 11.0. The number of carbonyl (C=O) groups is 1. The van der Waals surface area contributed by atoms with Gasteiger partial charge < -0.3 is 13.6 Å². The monoisotopic (exact) mass is 274 g/mol. The Morgan fingerprint density at radius 2 is 1.89 bits per heavy atom. The Bertz CT molecular complexity index is 251. The summed E-state index contributed by atoms with van der Waals surface area (Å²) in [7, 11) is 1.52. The molecule has 0 aliphatic heterocycles. The summed E-state index contributed by atoms with van der Waals surface area (Å²) >= 11 is 0. The second kappa shape index (κ2) is 9.30. The molecule has 0 rings (SSSR count). The number of hydrogen-bond acceptors (Lipinski definition) is 4. The molecule has 0 saturated carbocycles. The summed E-state index contributed by atoms with van der Waals surface area (Å²) in [5.41, 5.74) is 0. The number of hydrogen-bond donors (Lipinski definition) is 0. The second-order valence-electron chi connectivity index (χ2n) is 4.59. The highest BCUT2D eigenvalue weighted by Gasteiger charge is 2.27. The zero-order valence-corrected chi connectivity index (χ0v) is 13.0. The molecule has 0 N–H and O–H groups in total. The molecular formula is C13H26O4Si. The fraction of sp³-hybridized carbons (Fsp3) is 0.769. The normalized spacial score (nSPS) is 13.1. The van der Waals surface area contributed by atoms with E-state index < -0.39 is 8.56 Å². The Hall–Kier alpha value is -0.653. The van der Waals surface area contributed by atoms with Gasteiger partial charge in [0.15, 0.2) is 0 Å². The van der Waals surface area contributed by atoms with E-state index in [2.05, 4.69) is 13.1 Å². The molecule has 0 aromatic heterocycles. The highest BCUT2D eigenvalue weighted by Crippen LogP contribution is 2.17. The van der Waals surface area contributed by atoms with Crippen LogP contribution in [0.5, 0.6) is 0 Å². The van der Waals surface area contributed by atoms with E-state index in [0.29, 0.717) is 0 Å². The first kappa shape index (κ1) is 17.3. The number of unbranched alkanes of at least 4 members (excludes halogenated alkanes) is 2. The van der Waals surface area contributed by atoms with Crippen molar-refractivity contribution in [2.45, 2.75) is 51.3 Å². The van der Waals surface area contributed by atoms with E-state index >= 15 is 0 Å². The largest absolute Gasteiger partial charge is 0.460 e. The number of carbonyl (C=O) groups excluding carboxylic acids is 1. The van der Waals surface area contributed by atoms with Crippen LogP contribution in [-0.4, -0.2) is 34.9 Å². The molecule has 0 radical (unpaired) electrons. The van der Waals surface area contributed by atoms with Gasteiger partial charge in [-0.25, -0.2) is 4.79 Å². The van der Waals surface area contributed by atoms with Gasteiger partial charge in [-0.3, -0.25) is 0 Å². The van der Waals surface area contributed by atoms with Gasteiger partial charge in [-0.2, -0.15) is 0 Å². The van der Waals surface area contributed by atoms with Crippen molar-refractivity contribution in [1.29, 1.82) is 0 Å². The summed E-state index contributed by atoms with van der Waals surface area (Å²) in [6.45, 7) is 7.35. The number of rotatable bonds is 10. The Kier molecular flexibility index (Phi) is 8.96. The molecule has 106 valence electrons. The van der Waals surface area contributed by atoms with Crippen LogP contribution >= 0.6 is 0 Å². The Labute approximate surface area is 112 Å². The summed E-state index contributed by atoms with van der Waals surface area (Å²) in [4.78, 5) is 11.0. The Morgan fingerprint density at radius 1 is 1.28 bits per heavy atom. The van der Waals surface area contributed by atoms with E-state index in [9.17, 15) is 4.79 Å². The predicted molar refractivity (Wildman–Crippen MR) is 74.7 cm³/mol. The van der Waals surface area contributed by atoms with Gasteiger partial charge in [0.2, 0.25) is 0 Å². The van der Waals surface area contributed by atoms with Crippen molar-refractivity contribution in [3.05, 3.63) is 12.7 Å². The molecule has 18 heavy (non-hydrogen) atoms. The molecule has 0 bridgehead atoms. The number of ether oxygens (including phenoxy) is 1. The minimum atomic E-state index is -1.91. The molecule has 0 fully saturated rings. The molecule has 1 atom stereocenters. The Balaban J connectivity index is 3.62. The van der Waals surface area contributed by atoms with Crippen molar-refractivity contribution in [3.8, 4) is 0 Å². The van der Waals surface area contributed by atoms with Crippen LogP contribution in [0.1, 0.15) is 32.6 Å². The summed E-state index contributed by atoms with van der Waals surface area (Å²) in [5, 5.41) is 0. The SMILES string of the molecule is C=CC(=O)OC(C)CCCCC[Si](C)(OC)OC. The van der Waals surface area contributed by atoms with Gasteiger partial charge in [0, 0.05) is 20.3 Å². The van der Waals surface area contributed by atoms with Gasteiger partial charge >= 0.3 is 14.5 Å². The lowest BCUT2D eigenvalue weighted by Crippen LogP contribution is -2.35. The summed E-state index contributed by atoms with van der Waals surface area (Å²) in [6, 6.07) is 1.00. The van der Waals surface area contributed by atoms with E-state index in [1.165, 1.54) is 6.08 Å². The van der Waals surface area contributed by atoms with Crippen LogP contribution in [0.25, 0.3) is 0 Å². The van der Waals surface area contributed by atoms with Gasteiger partial charge in [0.05, 0.1) is 6.10 Å². The minimum Gasteiger partial charge on any atom is -0.460 e. The van der Waals surface area contributed by atoms with E-state index in [1.807, 2.05) is 6.92 Å². The molecule has 0 spiro atoms. The van der Waals surface area contributed by atoms with E-state index in [-0.39, 0.29) is 12.1 Å². The first-order valence-corrected chi connectivity index (χ1v) is 8.93. The van der Waals surface area contributed by atoms with E-state index in [0.717, 1.165) is 31.7 Å². The molecule has 0 aromatic rings. The minimum absolute atomic E-state index is 0.0380. The Morgan fingerprint density at radius 3 is 2.39 bits per heavy atom. The van der Waals surface area contributed by atoms with Crippen molar-refractivity contribution in [2.24, 2.45) is 0 Å². The lowest BCUT2D eigenvalue weighted by atomic mass is 10.1. The summed E-state index contributed by atoms with van der Waals surface area (Å²) < 4.78 is 15.9. The van der Waals surface area contributed by atoms with Crippen LogP contribution in [0.4, 0.5) is 0 Å². The average molecular weight is 274 g/mol. The maximum atomic E-state index is 11.0. The molecule has 0 aromatic carbocycles.